The number of carbonyl (C=O) groups excluding carboxylic acids is 3. The van der Waals surface area contributed by atoms with Gasteiger partial charge < -0.3 is 0 Å². The molecule has 4 amide bonds. The maximum absolute atomic E-state index is 12.3. The molecule has 1 aromatic carbocycles. The third-order valence-electron chi connectivity index (χ3n) is 4.88. The highest BCUT2D eigenvalue weighted by molar-refractivity contribution is 6.44. The Morgan fingerprint density at radius 1 is 0.926 bits per heavy atom. The maximum Gasteiger partial charge on any atom is 0.335 e. The number of rotatable bonds is 6. The van der Waals surface area contributed by atoms with Crippen LogP contribution >= 0.6 is 0 Å². The van der Waals surface area contributed by atoms with Crippen LogP contribution in [0.5, 0.6) is 0 Å². The van der Waals surface area contributed by atoms with Crippen LogP contribution in [-0.4, -0.2) is 82.9 Å². The van der Waals surface area contributed by atoms with E-state index in [4.69, 9.17) is 0 Å². The van der Waals surface area contributed by atoms with Crippen LogP contribution in [0.3, 0.4) is 0 Å². The Balaban J connectivity index is 1.47. The zero-order valence-corrected chi connectivity index (χ0v) is 15.9. The molecule has 7 heteroatoms. The first-order valence-electron chi connectivity index (χ1n) is 9.32. The average molecular weight is 370 g/mol. The molecule has 2 aliphatic rings. The summed E-state index contributed by atoms with van der Waals surface area (Å²) in [5.41, 5.74) is 1.18. The second kappa shape index (κ2) is 8.45. The van der Waals surface area contributed by atoms with E-state index in [1.807, 2.05) is 23.1 Å². The Labute approximate surface area is 159 Å². The minimum Gasteiger partial charge on any atom is -0.297 e. The van der Waals surface area contributed by atoms with E-state index in [0.717, 1.165) is 42.5 Å². The Kier molecular flexibility index (Phi) is 6.03. The Bertz CT molecular complexity index is 724. The molecular formula is C20H26N4O3. The van der Waals surface area contributed by atoms with Crippen molar-refractivity contribution in [3.05, 3.63) is 42.0 Å². The third kappa shape index (κ3) is 4.43. The first-order chi connectivity index (χ1) is 13.0. The van der Waals surface area contributed by atoms with Gasteiger partial charge in [0.25, 0.3) is 0 Å². The van der Waals surface area contributed by atoms with E-state index in [-0.39, 0.29) is 12.7 Å². The molecule has 0 radical (unpaired) electrons. The summed E-state index contributed by atoms with van der Waals surface area (Å²) in [6.07, 6.45) is 4.26. The number of amides is 4. The van der Waals surface area contributed by atoms with Crippen LogP contribution in [-0.2, 0) is 9.59 Å². The van der Waals surface area contributed by atoms with E-state index in [0.29, 0.717) is 0 Å². The summed E-state index contributed by atoms with van der Waals surface area (Å²) in [6, 6.07) is 9.36. The number of benzene rings is 1. The number of hydrogen-bond donors (Lipinski definition) is 0. The van der Waals surface area contributed by atoms with Gasteiger partial charge in [-0.15, -0.1) is 0 Å². The topological polar surface area (TPSA) is 64.2 Å². The lowest BCUT2D eigenvalue weighted by atomic mass is 10.2. The van der Waals surface area contributed by atoms with Crippen molar-refractivity contribution < 1.29 is 14.4 Å². The number of carbonyl (C=O) groups is 3. The zero-order chi connectivity index (χ0) is 19.4. The quantitative estimate of drug-likeness (QED) is 0.561. The lowest BCUT2D eigenvalue weighted by Crippen LogP contribution is -2.51. The van der Waals surface area contributed by atoms with E-state index < -0.39 is 17.8 Å². The molecule has 0 aliphatic carbocycles. The van der Waals surface area contributed by atoms with Crippen LogP contribution in [0.15, 0.2) is 36.4 Å². The molecule has 0 saturated carbocycles. The molecule has 0 unspecified atom stereocenters. The molecule has 2 fully saturated rings. The highest BCUT2D eigenvalue weighted by Crippen LogP contribution is 2.16. The van der Waals surface area contributed by atoms with Crippen molar-refractivity contribution in [3.63, 3.8) is 0 Å². The lowest BCUT2D eigenvalue weighted by molar-refractivity contribution is -0.144. The maximum atomic E-state index is 12.3. The summed E-state index contributed by atoms with van der Waals surface area (Å²) in [7, 11) is 0. The number of nitrogens with zero attached hydrogens (tertiary/aromatic N) is 4. The summed E-state index contributed by atoms with van der Waals surface area (Å²) in [5.74, 6) is -1.44. The molecule has 0 aromatic heterocycles. The van der Waals surface area contributed by atoms with Gasteiger partial charge >= 0.3 is 17.8 Å². The van der Waals surface area contributed by atoms with Crippen LogP contribution < -0.4 is 0 Å². The molecule has 2 aliphatic heterocycles. The molecule has 0 N–H and O–H groups in total. The Morgan fingerprint density at radius 3 is 2.15 bits per heavy atom. The van der Waals surface area contributed by atoms with Gasteiger partial charge in [-0.05, 0) is 19.4 Å². The van der Waals surface area contributed by atoms with Gasteiger partial charge in [0.05, 0.1) is 6.67 Å². The van der Waals surface area contributed by atoms with Crippen molar-refractivity contribution >= 4 is 23.9 Å². The third-order valence-corrected chi connectivity index (χ3v) is 4.88. The number of hydrogen-bond acceptors (Lipinski definition) is 5. The van der Waals surface area contributed by atoms with E-state index in [9.17, 15) is 14.4 Å². The molecule has 27 heavy (non-hydrogen) atoms. The van der Waals surface area contributed by atoms with E-state index in [1.54, 1.807) is 13.8 Å². The summed E-state index contributed by atoms with van der Waals surface area (Å²) in [5, 5.41) is 0. The predicted octanol–water partition coefficient (Wildman–Crippen LogP) is 1.47. The SMILES string of the molecule is CC(C)N1C(=O)C(=O)N(CN2CCN(C/C=C/c3ccccc3)CC2)C1=O. The Morgan fingerprint density at radius 2 is 1.56 bits per heavy atom. The van der Waals surface area contributed by atoms with Gasteiger partial charge in [-0.2, -0.15) is 0 Å². The van der Waals surface area contributed by atoms with Crippen LogP contribution in [0, 0.1) is 0 Å². The molecule has 2 saturated heterocycles. The molecule has 1 aromatic rings. The second-order valence-electron chi connectivity index (χ2n) is 7.16. The average Bonchev–Trinajstić information content (AvgIpc) is 2.87. The van der Waals surface area contributed by atoms with Gasteiger partial charge in [0.1, 0.15) is 0 Å². The molecule has 0 spiro atoms. The standard InChI is InChI=1S/C20H26N4O3/c1-16(2)24-19(26)18(25)23(20(24)27)15-22-13-11-21(12-14-22)10-6-9-17-7-4-3-5-8-17/h3-9,16H,10-15H2,1-2H3/b9-6+. The van der Waals surface area contributed by atoms with E-state index in [1.165, 1.54) is 5.56 Å². The smallest absolute Gasteiger partial charge is 0.297 e. The minimum absolute atomic E-state index is 0.181. The highest BCUT2D eigenvalue weighted by Gasteiger charge is 2.46. The van der Waals surface area contributed by atoms with Crippen LogP contribution in [0.1, 0.15) is 19.4 Å². The second-order valence-corrected chi connectivity index (χ2v) is 7.16. The first kappa shape index (κ1) is 19.3. The molecule has 3 rings (SSSR count). The predicted molar refractivity (Wildman–Crippen MR) is 103 cm³/mol. The van der Waals surface area contributed by atoms with E-state index in [2.05, 4.69) is 29.2 Å². The van der Waals surface area contributed by atoms with Gasteiger partial charge in [-0.25, -0.2) is 9.69 Å². The minimum atomic E-state index is -0.723. The highest BCUT2D eigenvalue weighted by atomic mass is 16.2. The van der Waals surface area contributed by atoms with Crippen LogP contribution in [0.2, 0.25) is 0 Å². The van der Waals surface area contributed by atoms with Gasteiger partial charge in [-0.3, -0.25) is 24.3 Å². The van der Waals surface area contributed by atoms with Crippen molar-refractivity contribution in [3.8, 4) is 0 Å². The zero-order valence-electron chi connectivity index (χ0n) is 15.9. The largest absolute Gasteiger partial charge is 0.335 e. The Hall–Kier alpha value is -2.51. The first-order valence-corrected chi connectivity index (χ1v) is 9.32. The number of imide groups is 2. The van der Waals surface area contributed by atoms with Crippen molar-refractivity contribution in [1.29, 1.82) is 0 Å². The van der Waals surface area contributed by atoms with Gasteiger partial charge in [0, 0.05) is 38.8 Å². The van der Waals surface area contributed by atoms with Crippen molar-refractivity contribution in [2.45, 2.75) is 19.9 Å². The molecule has 7 nitrogen and oxygen atoms in total. The van der Waals surface area contributed by atoms with Crippen LogP contribution in [0.4, 0.5) is 4.79 Å². The molecule has 0 bridgehead atoms. The molecule has 144 valence electrons. The normalized spacial score (nSPS) is 19.9. The fraction of sp³-hybridized carbons (Fsp3) is 0.450. The summed E-state index contributed by atoms with van der Waals surface area (Å²) in [6.45, 7) is 7.74. The van der Waals surface area contributed by atoms with Gasteiger partial charge in [0.15, 0.2) is 0 Å². The van der Waals surface area contributed by atoms with Crippen molar-refractivity contribution in [1.82, 2.24) is 19.6 Å². The fourth-order valence-electron chi connectivity index (χ4n) is 3.32. The summed E-state index contributed by atoms with van der Waals surface area (Å²) >= 11 is 0. The summed E-state index contributed by atoms with van der Waals surface area (Å²) in [4.78, 5) is 42.9. The number of urea groups is 1. The van der Waals surface area contributed by atoms with Gasteiger partial charge in [-0.1, -0.05) is 42.5 Å². The fourth-order valence-corrected chi connectivity index (χ4v) is 3.32. The molecule has 2 heterocycles. The van der Waals surface area contributed by atoms with Crippen LogP contribution in [0.25, 0.3) is 6.08 Å². The lowest BCUT2D eigenvalue weighted by Gasteiger charge is -2.35. The summed E-state index contributed by atoms with van der Waals surface area (Å²) < 4.78 is 0. The molecular weight excluding hydrogens is 344 g/mol. The number of piperazine rings is 1. The monoisotopic (exact) mass is 370 g/mol. The van der Waals surface area contributed by atoms with Gasteiger partial charge in [0.2, 0.25) is 0 Å². The van der Waals surface area contributed by atoms with Crippen molar-refractivity contribution in [2.75, 3.05) is 39.4 Å². The molecule has 0 atom stereocenters. The van der Waals surface area contributed by atoms with Crippen molar-refractivity contribution in [2.24, 2.45) is 0 Å². The van der Waals surface area contributed by atoms with E-state index >= 15 is 0 Å².